The van der Waals surface area contributed by atoms with Gasteiger partial charge in [0.15, 0.2) is 0 Å². The molecule has 15 heavy (non-hydrogen) atoms. The molecule has 1 atom stereocenters. The van der Waals surface area contributed by atoms with Crippen LogP contribution in [-0.2, 0) is 0 Å². The summed E-state index contributed by atoms with van der Waals surface area (Å²) in [6.45, 7) is 7.06. The summed E-state index contributed by atoms with van der Waals surface area (Å²) in [4.78, 5) is 4.96. The Morgan fingerprint density at radius 1 is 1.00 bits per heavy atom. The van der Waals surface area contributed by atoms with E-state index in [1.54, 1.807) is 0 Å². The molecule has 0 amide bonds. The van der Waals surface area contributed by atoms with Gasteiger partial charge in [-0.3, -0.25) is 4.90 Å². The first-order chi connectivity index (χ1) is 7.27. The van der Waals surface area contributed by atoms with Gasteiger partial charge in [-0.15, -0.1) is 0 Å². The largest absolute Gasteiger partial charge is 0.304 e. The Morgan fingerprint density at radius 3 is 2.20 bits per heavy atom. The van der Waals surface area contributed by atoms with E-state index in [9.17, 15) is 0 Å². The Hall–Kier alpha value is -0.860. The normalized spacial score (nSPS) is 21.5. The Balaban J connectivity index is 1.99. The molecule has 1 aliphatic heterocycles. The van der Waals surface area contributed by atoms with Gasteiger partial charge in [-0.25, -0.2) is 0 Å². The zero-order valence-electron chi connectivity index (χ0n) is 9.69. The van der Waals surface area contributed by atoms with Crippen molar-refractivity contribution in [2.24, 2.45) is 0 Å². The first kappa shape index (κ1) is 10.7. The number of nitrogens with zero attached hydrogens (tertiary/aromatic N) is 2. The standard InChI is InChI=1S/C13H20N2/c1-12(13-6-4-3-5-7-13)15-10-8-14(2)9-11-15/h3-7,12H,8-11H2,1-2H3/t12-/m0/s1. The minimum absolute atomic E-state index is 0.555. The number of hydrogen-bond acceptors (Lipinski definition) is 2. The van der Waals surface area contributed by atoms with Crippen LogP contribution in [0.25, 0.3) is 0 Å². The third kappa shape index (κ3) is 2.58. The maximum Gasteiger partial charge on any atom is 0.0320 e. The lowest BCUT2D eigenvalue weighted by atomic mass is 10.1. The van der Waals surface area contributed by atoms with E-state index in [1.807, 2.05) is 0 Å². The predicted molar refractivity (Wildman–Crippen MR) is 63.9 cm³/mol. The van der Waals surface area contributed by atoms with Gasteiger partial charge in [0.2, 0.25) is 0 Å². The van der Waals surface area contributed by atoms with Gasteiger partial charge in [-0.2, -0.15) is 0 Å². The van der Waals surface area contributed by atoms with Gasteiger partial charge >= 0.3 is 0 Å². The van der Waals surface area contributed by atoms with Crippen molar-refractivity contribution < 1.29 is 0 Å². The topological polar surface area (TPSA) is 6.48 Å². The average molecular weight is 204 g/mol. The predicted octanol–water partition coefficient (Wildman–Crippen LogP) is 2.00. The molecular weight excluding hydrogens is 184 g/mol. The lowest BCUT2D eigenvalue weighted by Crippen LogP contribution is -2.45. The molecule has 2 nitrogen and oxygen atoms in total. The van der Waals surface area contributed by atoms with Gasteiger partial charge in [0.05, 0.1) is 0 Å². The highest BCUT2D eigenvalue weighted by atomic mass is 15.3. The highest BCUT2D eigenvalue weighted by Gasteiger charge is 2.19. The Morgan fingerprint density at radius 2 is 1.60 bits per heavy atom. The molecule has 0 unspecified atom stereocenters. The summed E-state index contributed by atoms with van der Waals surface area (Å²) < 4.78 is 0. The fourth-order valence-corrected chi connectivity index (χ4v) is 2.15. The second-order valence-electron chi connectivity index (χ2n) is 4.43. The van der Waals surface area contributed by atoms with Gasteiger partial charge < -0.3 is 4.90 Å². The monoisotopic (exact) mass is 204 g/mol. The van der Waals surface area contributed by atoms with Gasteiger partial charge in [0.1, 0.15) is 0 Å². The van der Waals surface area contributed by atoms with Crippen LogP contribution < -0.4 is 0 Å². The first-order valence-corrected chi connectivity index (χ1v) is 5.75. The Bertz CT molecular complexity index is 289. The van der Waals surface area contributed by atoms with Crippen LogP contribution in [-0.4, -0.2) is 43.0 Å². The summed E-state index contributed by atoms with van der Waals surface area (Å²) in [5.41, 5.74) is 1.43. The second kappa shape index (κ2) is 4.77. The molecular formula is C13H20N2. The molecule has 1 aromatic carbocycles. The van der Waals surface area contributed by atoms with Crippen LogP contribution in [0.3, 0.4) is 0 Å². The summed E-state index contributed by atoms with van der Waals surface area (Å²) in [6, 6.07) is 11.3. The SMILES string of the molecule is C[C@@H](c1ccccc1)N1CCN(C)CC1. The van der Waals surface area contributed by atoms with Crippen molar-refractivity contribution in [1.82, 2.24) is 9.80 Å². The molecule has 82 valence electrons. The molecule has 0 saturated carbocycles. The number of rotatable bonds is 2. The van der Waals surface area contributed by atoms with Crippen molar-refractivity contribution >= 4 is 0 Å². The van der Waals surface area contributed by atoms with Crippen LogP contribution in [0.5, 0.6) is 0 Å². The summed E-state index contributed by atoms with van der Waals surface area (Å²) in [6.07, 6.45) is 0. The third-order valence-electron chi connectivity index (χ3n) is 3.37. The van der Waals surface area contributed by atoms with E-state index in [2.05, 4.69) is 54.1 Å². The summed E-state index contributed by atoms with van der Waals surface area (Å²) in [7, 11) is 2.20. The van der Waals surface area contributed by atoms with Crippen LogP contribution >= 0.6 is 0 Å². The van der Waals surface area contributed by atoms with Crippen molar-refractivity contribution in [3.63, 3.8) is 0 Å². The maximum absolute atomic E-state index is 2.56. The van der Waals surface area contributed by atoms with Crippen LogP contribution in [0.1, 0.15) is 18.5 Å². The van der Waals surface area contributed by atoms with E-state index < -0.39 is 0 Å². The molecule has 0 aromatic heterocycles. The highest BCUT2D eigenvalue weighted by Crippen LogP contribution is 2.20. The minimum atomic E-state index is 0.555. The van der Waals surface area contributed by atoms with Crippen molar-refractivity contribution in [3.05, 3.63) is 35.9 Å². The van der Waals surface area contributed by atoms with E-state index >= 15 is 0 Å². The molecule has 0 bridgehead atoms. The van der Waals surface area contributed by atoms with E-state index in [1.165, 1.54) is 31.7 Å². The van der Waals surface area contributed by atoms with E-state index in [-0.39, 0.29) is 0 Å². The zero-order chi connectivity index (χ0) is 10.7. The molecule has 1 aliphatic rings. The summed E-state index contributed by atoms with van der Waals surface area (Å²) in [5.74, 6) is 0. The first-order valence-electron chi connectivity index (χ1n) is 5.75. The smallest absolute Gasteiger partial charge is 0.0320 e. The molecule has 2 heteroatoms. The second-order valence-corrected chi connectivity index (χ2v) is 4.43. The molecule has 0 aliphatic carbocycles. The maximum atomic E-state index is 2.56. The van der Waals surface area contributed by atoms with Crippen molar-refractivity contribution in [3.8, 4) is 0 Å². The number of hydrogen-bond donors (Lipinski definition) is 0. The lowest BCUT2D eigenvalue weighted by Gasteiger charge is -2.36. The molecule has 0 N–H and O–H groups in total. The van der Waals surface area contributed by atoms with Crippen LogP contribution in [0.4, 0.5) is 0 Å². The van der Waals surface area contributed by atoms with Gasteiger partial charge in [-0.1, -0.05) is 30.3 Å². The molecule has 2 rings (SSSR count). The number of likely N-dealkylation sites (N-methyl/N-ethyl adjacent to an activating group) is 1. The molecule has 0 radical (unpaired) electrons. The molecule has 0 spiro atoms. The molecule has 1 fully saturated rings. The van der Waals surface area contributed by atoms with Gasteiger partial charge in [-0.05, 0) is 19.5 Å². The fourth-order valence-electron chi connectivity index (χ4n) is 2.15. The van der Waals surface area contributed by atoms with Crippen LogP contribution in [0, 0.1) is 0 Å². The Labute approximate surface area is 92.5 Å². The van der Waals surface area contributed by atoms with E-state index in [0.717, 1.165) is 0 Å². The van der Waals surface area contributed by atoms with Crippen molar-refractivity contribution in [2.45, 2.75) is 13.0 Å². The van der Waals surface area contributed by atoms with Crippen molar-refractivity contribution in [1.29, 1.82) is 0 Å². The number of piperazine rings is 1. The average Bonchev–Trinajstić information content (AvgIpc) is 2.30. The van der Waals surface area contributed by atoms with E-state index in [0.29, 0.717) is 6.04 Å². The minimum Gasteiger partial charge on any atom is -0.304 e. The lowest BCUT2D eigenvalue weighted by molar-refractivity contribution is 0.119. The highest BCUT2D eigenvalue weighted by molar-refractivity contribution is 5.18. The van der Waals surface area contributed by atoms with Crippen LogP contribution in [0.15, 0.2) is 30.3 Å². The fraction of sp³-hybridized carbons (Fsp3) is 0.538. The quantitative estimate of drug-likeness (QED) is 0.727. The molecule has 1 heterocycles. The number of benzene rings is 1. The van der Waals surface area contributed by atoms with Gasteiger partial charge in [0.25, 0.3) is 0 Å². The summed E-state index contributed by atoms with van der Waals surface area (Å²) in [5, 5.41) is 0. The molecule has 1 aromatic rings. The molecule has 1 saturated heterocycles. The third-order valence-corrected chi connectivity index (χ3v) is 3.37. The Kier molecular flexibility index (Phi) is 3.39. The zero-order valence-corrected chi connectivity index (χ0v) is 9.69. The van der Waals surface area contributed by atoms with Crippen LogP contribution in [0.2, 0.25) is 0 Å². The summed E-state index contributed by atoms with van der Waals surface area (Å²) >= 11 is 0. The van der Waals surface area contributed by atoms with Gasteiger partial charge in [0, 0.05) is 32.2 Å². The van der Waals surface area contributed by atoms with Crippen molar-refractivity contribution in [2.75, 3.05) is 33.2 Å². The van der Waals surface area contributed by atoms with E-state index in [4.69, 9.17) is 0 Å².